The van der Waals surface area contributed by atoms with E-state index < -0.39 is 17.7 Å². The summed E-state index contributed by atoms with van der Waals surface area (Å²) in [6, 6.07) is 16.3. The quantitative estimate of drug-likeness (QED) is 0.366. The number of hydrogen-bond acceptors (Lipinski definition) is 5. The number of ether oxygens (including phenoxy) is 1. The summed E-state index contributed by atoms with van der Waals surface area (Å²) < 4.78 is 5.22. The second-order valence-electron chi connectivity index (χ2n) is 7.07. The van der Waals surface area contributed by atoms with Crippen LogP contribution in [0.3, 0.4) is 0 Å². The monoisotopic (exact) mass is 434 g/mol. The Hall–Kier alpha value is -3.64. The summed E-state index contributed by atoms with van der Waals surface area (Å²) in [5.74, 6) is -1.02. The molecule has 0 unspecified atom stereocenters. The van der Waals surface area contributed by atoms with Gasteiger partial charge >= 0.3 is 0 Å². The average Bonchev–Trinajstić information content (AvgIpc) is 3.05. The van der Waals surface area contributed by atoms with E-state index in [0.29, 0.717) is 21.9 Å². The van der Waals surface area contributed by atoms with Crippen LogP contribution in [0, 0.1) is 0 Å². The molecule has 1 aliphatic heterocycles. The Morgan fingerprint density at radius 1 is 1.10 bits per heavy atom. The summed E-state index contributed by atoms with van der Waals surface area (Å²) in [5.41, 5.74) is 1.89. The number of hydrogen-bond donors (Lipinski definition) is 1. The summed E-state index contributed by atoms with van der Waals surface area (Å²) in [6.45, 7) is 0.173. The zero-order chi connectivity index (χ0) is 22.0. The molecule has 0 aliphatic carbocycles. The van der Waals surface area contributed by atoms with Crippen LogP contribution < -0.4 is 4.74 Å². The van der Waals surface area contributed by atoms with Crippen LogP contribution in [-0.4, -0.2) is 33.8 Å². The molecule has 1 amide bonds. The number of likely N-dealkylation sites (tertiary alicyclic amines) is 1. The minimum absolute atomic E-state index is 0.0291. The van der Waals surface area contributed by atoms with Crippen molar-refractivity contribution in [2.75, 3.05) is 7.11 Å². The SMILES string of the molecule is COc1ccc([C@H]2/C(=C(\O)c3ccc(Cl)cc3)C(=O)C(=O)N2Cc2cccnc2)cc1. The second-order valence-corrected chi connectivity index (χ2v) is 7.50. The molecule has 7 heteroatoms. The van der Waals surface area contributed by atoms with Gasteiger partial charge in [-0.15, -0.1) is 0 Å². The van der Waals surface area contributed by atoms with E-state index in [0.717, 1.165) is 5.56 Å². The lowest BCUT2D eigenvalue weighted by Crippen LogP contribution is -2.29. The van der Waals surface area contributed by atoms with E-state index in [1.165, 1.54) is 4.90 Å². The van der Waals surface area contributed by atoms with Crippen molar-refractivity contribution < 1.29 is 19.4 Å². The number of methoxy groups -OCH3 is 1. The van der Waals surface area contributed by atoms with Gasteiger partial charge in [-0.25, -0.2) is 0 Å². The van der Waals surface area contributed by atoms with Crippen molar-refractivity contribution in [1.29, 1.82) is 0 Å². The first-order valence-corrected chi connectivity index (χ1v) is 9.94. The van der Waals surface area contributed by atoms with Crippen molar-refractivity contribution in [1.82, 2.24) is 9.88 Å². The smallest absolute Gasteiger partial charge is 0.295 e. The first-order valence-electron chi connectivity index (χ1n) is 9.57. The molecule has 1 N–H and O–H groups in total. The number of nitrogens with zero attached hydrogens (tertiary/aromatic N) is 2. The third-order valence-corrected chi connectivity index (χ3v) is 5.42. The van der Waals surface area contributed by atoms with E-state index in [-0.39, 0.29) is 17.9 Å². The van der Waals surface area contributed by atoms with E-state index in [9.17, 15) is 14.7 Å². The van der Waals surface area contributed by atoms with Crippen molar-refractivity contribution >= 4 is 29.1 Å². The van der Waals surface area contributed by atoms with Gasteiger partial charge in [-0.2, -0.15) is 0 Å². The van der Waals surface area contributed by atoms with Crippen molar-refractivity contribution in [2.24, 2.45) is 0 Å². The third kappa shape index (κ3) is 4.02. The molecule has 1 fully saturated rings. The normalized spacial score (nSPS) is 17.7. The molecular weight excluding hydrogens is 416 g/mol. The molecule has 1 aromatic heterocycles. The Labute approximate surface area is 184 Å². The van der Waals surface area contributed by atoms with Gasteiger partial charge in [-0.1, -0.05) is 29.8 Å². The topological polar surface area (TPSA) is 79.7 Å². The van der Waals surface area contributed by atoms with Crippen molar-refractivity contribution in [3.8, 4) is 5.75 Å². The number of halogens is 1. The molecule has 0 bridgehead atoms. The Bertz CT molecular complexity index is 1140. The lowest BCUT2D eigenvalue weighted by atomic mass is 9.95. The Morgan fingerprint density at radius 3 is 2.42 bits per heavy atom. The van der Waals surface area contributed by atoms with Gasteiger partial charge in [0.05, 0.1) is 18.7 Å². The molecule has 1 saturated heterocycles. The molecule has 0 saturated carbocycles. The van der Waals surface area contributed by atoms with Crippen LogP contribution in [-0.2, 0) is 16.1 Å². The lowest BCUT2D eigenvalue weighted by molar-refractivity contribution is -0.140. The number of pyridine rings is 1. The molecular formula is C24H19ClN2O4. The number of rotatable bonds is 5. The maximum absolute atomic E-state index is 13.0. The predicted molar refractivity (Wildman–Crippen MR) is 117 cm³/mol. The van der Waals surface area contributed by atoms with Crippen molar-refractivity contribution in [2.45, 2.75) is 12.6 Å². The lowest BCUT2D eigenvalue weighted by Gasteiger charge is -2.25. The van der Waals surface area contributed by atoms with Crippen LogP contribution in [0.1, 0.15) is 22.7 Å². The van der Waals surface area contributed by atoms with Crippen LogP contribution >= 0.6 is 11.6 Å². The fraction of sp³-hybridized carbons (Fsp3) is 0.125. The summed E-state index contributed by atoms with van der Waals surface area (Å²) in [4.78, 5) is 31.5. The Kier molecular flexibility index (Phi) is 5.73. The molecule has 0 radical (unpaired) electrons. The molecule has 6 nitrogen and oxygen atoms in total. The molecule has 2 heterocycles. The molecule has 1 aliphatic rings. The van der Waals surface area contributed by atoms with Crippen molar-refractivity contribution in [3.05, 3.63) is 100 Å². The average molecular weight is 435 g/mol. The zero-order valence-corrected chi connectivity index (χ0v) is 17.4. The number of carbonyl (C=O) groups is 2. The summed E-state index contributed by atoms with van der Waals surface area (Å²) in [6.07, 6.45) is 3.28. The summed E-state index contributed by atoms with van der Waals surface area (Å²) in [7, 11) is 1.56. The van der Waals surface area contributed by atoms with Gasteiger partial charge in [-0.3, -0.25) is 14.6 Å². The number of ketones is 1. The Balaban J connectivity index is 1.85. The fourth-order valence-corrected chi connectivity index (χ4v) is 3.75. The van der Waals surface area contributed by atoms with Crippen LogP contribution in [0.5, 0.6) is 5.75 Å². The van der Waals surface area contributed by atoms with Crippen LogP contribution in [0.4, 0.5) is 0 Å². The van der Waals surface area contributed by atoms with Crippen LogP contribution in [0.2, 0.25) is 5.02 Å². The molecule has 1 atom stereocenters. The van der Waals surface area contributed by atoms with Gasteiger partial charge in [0, 0.05) is 29.5 Å². The largest absolute Gasteiger partial charge is 0.507 e. The third-order valence-electron chi connectivity index (χ3n) is 5.16. The first kappa shape index (κ1) is 20.6. The first-order chi connectivity index (χ1) is 15.0. The van der Waals surface area contributed by atoms with Crippen molar-refractivity contribution in [3.63, 3.8) is 0 Å². The standard InChI is InChI=1S/C24H19ClN2O4/c1-31-19-10-6-16(7-11-19)21-20(22(28)17-4-8-18(25)9-5-17)23(29)24(30)27(21)14-15-3-2-12-26-13-15/h2-13,21,28H,14H2,1H3/b22-20+/t21-/m0/s1. The summed E-state index contributed by atoms with van der Waals surface area (Å²) >= 11 is 5.95. The number of amides is 1. The van der Waals surface area contributed by atoms with E-state index in [1.54, 1.807) is 74.1 Å². The highest BCUT2D eigenvalue weighted by Crippen LogP contribution is 2.40. The number of Topliss-reactive ketones (excluding diaryl/α,β-unsaturated/α-hetero) is 1. The minimum Gasteiger partial charge on any atom is -0.507 e. The fourth-order valence-electron chi connectivity index (χ4n) is 3.63. The molecule has 156 valence electrons. The van der Waals surface area contributed by atoms with Crippen LogP contribution in [0.15, 0.2) is 78.6 Å². The van der Waals surface area contributed by atoms with Crippen LogP contribution in [0.25, 0.3) is 5.76 Å². The number of aromatic nitrogens is 1. The second kappa shape index (κ2) is 8.62. The van der Waals surface area contributed by atoms with E-state index >= 15 is 0 Å². The molecule has 31 heavy (non-hydrogen) atoms. The number of aliphatic hydroxyl groups excluding tert-OH is 1. The number of benzene rings is 2. The van der Waals surface area contributed by atoms with Gasteiger partial charge in [0.2, 0.25) is 0 Å². The maximum atomic E-state index is 13.0. The van der Waals surface area contributed by atoms with Gasteiger partial charge in [-0.05, 0) is 53.6 Å². The van der Waals surface area contributed by atoms with Gasteiger partial charge in [0.15, 0.2) is 0 Å². The highest BCUT2D eigenvalue weighted by atomic mass is 35.5. The van der Waals surface area contributed by atoms with E-state index in [1.807, 2.05) is 6.07 Å². The molecule has 0 spiro atoms. The van der Waals surface area contributed by atoms with E-state index in [4.69, 9.17) is 16.3 Å². The number of carbonyl (C=O) groups excluding carboxylic acids is 2. The molecule has 4 rings (SSSR count). The Morgan fingerprint density at radius 2 is 1.81 bits per heavy atom. The predicted octanol–water partition coefficient (Wildman–Crippen LogP) is 4.37. The van der Waals surface area contributed by atoms with Gasteiger partial charge in [0.1, 0.15) is 11.5 Å². The highest BCUT2D eigenvalue weighted by Gasteiger charge is 2.46. The minimum atomic E-state index is -0.762. The number of aliphatic hydroxyl groups is 1. The van der Waals surface area contributed by atoms with Gasteiger partial charge in [0.25, 0.3) is 11.7 Å². The maximum Gasteiger partial charge on any atom is 0.295 e. The molecule has 2 aromatic carbocycles. The molecule has 3 aromatic rings. The van der Waals surface area contributed by atoms with E-state index in [2.05, 4.69) is 4.98 Å². The zero-order valence-electron chi connectivity index (χ0n) is 16.7. The summed E-state index contributed by atoms with van der Waals surface area (Å²) in [5, 5.41) is 11.5. The van der Waals surface area contributed by atoms with Gasteiger partial charge < -0.3 is 14.7 Å². The highest BCUT2D eigenvalue weighted by molar-refractivity contribution is 6.46.